The summed E-state index contributed by atoms with van der Waals surface area (Å²) in [5, 5.41) is 8.66. The monoisotopic (exact) mass is 253 g/mol. The highest BCUT2D eigenvalue weighted by Crippen LogP contribution is 2.26. The lowest BCUT2D eigenvalue weighted by atomic mass is 10.1. The molecule has 0 aliphatic rings. The standard InChI is InChI=1S/C16H12FNO/c1-11(2)13-4-6-14(7-5-13)19-16-8-3-12(10-18)9-15(16)17/h3-9H,1H2,2H3. The van der Waals surface area contributed by atoms with Crippen LogP contribution < -0.4 is 4.74 Å². The summed E-state index contributed by atoms with van der Waals surface area (Å²) in [5.74, 6) is 0.0821. The van der Waals surface area contributed by atoms with Gasteiger partial charge in [-0.1, -0.05) is 24.3 Å². The quantitative estimate of drug-likeness (QED) is 0.805. The number of hydrogen-bond acceptors (Lipinski definition) is 2. The van der Waals surface area contributed by atoms with E-state index < -0.39 is 5.82 Å². The van der Waals surface area contributed by atoms with Crippen LogP contribution in [0.3, 0.4) is 0 Å². The van der Waals surface area contributed by atoms with E-state index in [1.54, 1.807) is 12.1 Å². The first-order valence-electron chi connectivity index (χ1n) is 5.73. The molecule has 2 aromatic carbocycles. The van der Waals surface area contributed by atoms with E-state index >= 15 is 0 Å². The molecule has 0 amide bonds. The molecule has 0 heterocycles. The van der Waals surface area contributed by atoms with Crippen LogP contribution >= 0.6 is 0 Å². The molecule has 0 aliphatic carbocycles. The summed E-state index contributed by atoms with van der Waals surface area (Å²) in [5.41, 5.74) is 2.23. The fourth-order valence-electron chi connectivity index (χ4n) is 1.59. The molecule has 0 saturated heterocycles. The van der Waals surface area contributed by atoms with Crippen LogP contribution in [0.4, 0.5) is 4.39 Å². The van der Waals surface area contributed by atoms with Gasteiger partial charge in [-0.05, 0) is 42.8 Å². The molecule has 0 saturated carbocycles. The van der Waals surface area contributed by atoms with Crippen LogP contribution in [0.25, 0.3) is 5.57 Å². The molecule has 0 fully saturated rings. The van der Waals surface area contributed by atoms with Crippen molar-refractivity contribution in [3.63, 3.8) is 0 Å². The zero-order valence-corrected chi connectivity index (χ0v) is 10.5. The summed E-state index contributed by atoms with van der Waals surface area (Å²) in [6.07, 6.45) is 0. The van der Waals surface area contributed by atoms with Crippen molar-refractivity contribution in [2.24, 2.45) is 0 Å². The van der Waals surface area contributed by atoms with Crippen molar-refractivity contribution < 1.29 is 9.13 Å². The van der Waals surface area contributed by atoms with Gasteiger partial charge >= 0.3 is 0 Å². The van der Waals surface area contributed by atoms with Gasteiger partial charge in [0, 0.05) is 0 Å². The minimum atomic E-state index is -0.553. The SMILES string of the molecule is C=C(C)c1ccc(Oc2ccc(C#N)cc2F)cc1. The Hall–Kier alpha value is -2.60. The van der Waals surface area contributed by atoms with E-state index in [1.165, 1.54) is 12.1 Å². The average molecular weight is 253 g/mol. The maximum atomic E-state index is 13.6. The van der Waals surface area contributed by atoms with Crippen LogP contribution in [0.1, 0.15) is 18.1 Å². The molecule has 0 unspecified atom stereocenters. The molecule has 2 aromatic rings. The Morgan fingerprint density at radius 3 is 2.42 bits per heavy atom. The molecule has 94 valence electrons. The van der Waals surface area contributed by atoms with Crippen molar-refractivity contribution >= 4 is 5.57 Å². The summed E-state index contributed by atoms with van der Waals surface area (Å²) >= 11 is 0. The number of nitriles is 1. The number of halogens is 1. The van der Waals surface area contributed by atoms with Crippen molar-refractivity contribution in [1.29, 1.82) is 5.26 Å². The van der Waals surface area contributed by atoms with Crippen molar-refractivity contribution in [3.8, 4) is 17.6 Å². The molecule has 0 atom stereocenters. The third-order valence-electron chi connectivity index (χ3n) is 2.64. The molecule has 2 nitrogen and oxygen atoms in total. The normalized spacial score (nSPS) is 9.74. The predicted molar refractivity (Wildman–Crippen MR) is 72.3 cm³/mol. The summed E-state index contributed by atoms with van der Waals surface area (Å²) in [7, 11) is 0. The minimum absolute atomic E-state index is 0.0991. The first-order valence-corrected chi connectivity index (χ1v) is 5.73. The molecule has 19 heavy (non-hydrogen) atoms. The summed E-state index contributed by atoms with van der Waals surface area (Å²) in [6.45, 7) is 5.75. The lowest BCUT2D eigenvalue weighted by molar-refractivity contribution is 0.442. The average Bonchev–Trinajstić information content (AvgIpc) is 2.41. The highest BCUT2D eigenvalue weighted by molar-refractivity contribution is 5.61. The summed E-state index contributed by atoms with van der Waals surface area (Å²) in [4.78, 5) is 0. The van der Waals surface area contributed by atoms with Gasteiger partial charge in [0.15, 0.2) is 11.6 Å². The molecule has 0 bridgehead atoms. The van der Waals surface area contributed by atoms with E-state index in [2.05, 4.69) is 6.58 Å². The number of hydrogen-bond donors (Lipinski definition) is 0. The molecule has 0 aliphatic heterocycles. The van der Waals surface area contributed by atoms with Crippen LogP contribution in [0, 0.1) is 17.1 Å². The van der Waals surface area contributed by atoms with Crippen molar-refractivity contribution in [2.75, 3.05) is 0 Å². The second kappa shape index (κ2) is 5.36. The third-order valence-corrected chi connectivity index (χ3v) is 2.64. The summed E-state index contributed by atoms with van der Waals surface area (Å²) in [6, 6.07) is 13.2. The molecule has 0 N–H and O–H groups in total. The van der Waals surface area contributed by atoms with Gasteiger partial charge in [0.1, 0.15) is 5.75 Å². The largest absolute Gasteiger partial charge is 0.454 e. The number of allylic oxidation sites excluding steroid dienone is 1. The maximum Gasteiger partial charge on any atom is 0.167 e. The Balaban J connectivity index is 2.22. The molecular weight excluding hydrogens is 241 g/mol. The fraction of sp³-hybridized carbons (Fsp3) is 0.0625. The Kier molecular flexibility index (Phi) is 3.63. The molecule has 0 aromatic heterocycles. The predicted octanol–water partition coefficient (Wildman–Crippen LogP) is 4.52. The highest BCUT2D eigenvalue weighted by atomic mass is 19.1. The zero-order valence-electron chi connectivity index (χ0n) is 10.5. The van der Waals surface area contributed by atoms with Gasteiger partial charge in [-0.2, -0.15) is 5.26 Å². The van der Waals surface area contributed by atoms with Gasteiger partial charge in [-0.25, -0.2) is 4.39 Å². The van der Waals surface area contributed by atoms with Crippen LogP contribution in [-0.2, 0) is 0 Å². The van der Waals surface area contributed by atoms with Crippen molar-refractivity contribution in [1.82, 2.24) is 0 Å². The van der Waals surface area contributed by atoms with Gasteiger partial charge < -0.3 is 4.74 Å². The minimum Gasteiger partial charge on any atom is -0.454 e. The lowest BCUT2D eigenvalue weighted by Gasteiger charge is -2.07. The first-order chi connectivity index (χ1) is 9.10. The topological polar surface area (TPSA) is 33.0 Å². The summed E-state index contributed by atoms with van der Waals surface area (Å²) < 4.78 is 19.1. The molecule has 3 heteroatoms. The molecule has 0 radical (unpaired) electrons. The third kappa shape index (κ3) is 2.99. The van der Waals surface area contributed by atoms with E-state index in [9.17, 15) is 4.39 Å². The lowest BCUT2D eigenvalue weighted by Crippen LogP contribution is -1.89. The van der Waals surface area contributed by atoms with Gasteiger partial charge in [0.2, 0.25) is 0 Å². The van der Waals surface area contributed by atoms with Crippen LogP contribution in [-0.4, -0.2) is 0 Å². The van der Waals surface area contributed by atoms with E-state index in [1.807, 2.05) is 25.1 Å². The second-order valence-corrected chi connectivity index (χ2v) is 4.16. The Bertz CT molecular complexity index is 653. The van der Waals surface area contributed by atoms with E-state index in [0.29, 0.717) is 5.75 Å². The fourth-order valence-corrected chi connectivity index (χ4v) is 1.59. The maximum absolute atomic E-state index is 13.6. The molecular formula is C16H12FNO. The van der Waals surface area contributed by atoms with Crippen LogP contribution in [0.5, 0.6) is 11.5 Å². The Morgan fingerprint density at radius 1 is 1.21 bits per heavy atom. The number of benzene rings is 2. The first kappa shape index (κ1) is 12.8. The van der Waals surface area contributed by atoms with Gasteiger partial charge in [-0.15, -0.1) is 0 Å². The zero-order chi connectivity index (χ0) is 13.8. The van der Waals surface area contributed by atoms with E-state index in [-0.39, 0.29) is 11.3 Å². The Morgan fingerprint density at radius 2 is 1.89 bits per heavy atom. The van der Waals surface area contributed by atoms with E-state index in [0.717, 1.165) is 17.2 Å². The molecule has 0 spiro atoms. The molecule has 2 rings (SSSR count). The van der Waals surface area contributed by atoms with Crippen molar-refractivity contribution in [2.45, 2.75) is 6.92 Å². The van der Waals surface area contributed by atoms with E-state index in [4.69, 9.17) is 10.00 Å². The number of nitrogens with zero attached hydrogens (tertiary/aromatic N) is 1. The highest BCUT2D eigenvalue weighted by Gasteiger charge is 2.06. The smallest absolute Gasteiger partial charge is 0.167 e. The van der Waals surface area contributed by atoms with Gasteiger partial charge in [0.05, 0.1) is 11.6 Å². The number of rotatable bonds is 3. The second-order valence-electron chi connectivity index (χ2n) is 4.16. The Labute approximate surface area is 111 Å². The van der Waals surface area contributed by atoms with Crippen LogP contribution in [0.2, 0.25) is 0 Å². The van der Waals surface area contributed by atoms with Crippen molar-refractivity contribution in [3.05, 3.63) is 66.0 Å². The van der Waals surface area contributed by atoms with Gasteiger partial charge in [-0.3, -0.25) is 0 Å². The van der Waals surface area contributed by atoms with Gasteiger partial charge in [0.25, 0.3) is 0 Å². The number of ether oxygens (including phenoxy) is 1. The van der Waals surface area contributed by atoms with Crippen LogP contribution in [0.15, 0.2) is 49.0 Å².